The molecular formula is C18H21N3O. The van der Waals surface area contributed by atoms with E-state index in [-0.39, 0.29) is 0 Å². The number of ether oxygens (including phenoxy) is 1. The van der Waals surface area contributed by atoms with Gasteiger partial charge in [-0.05, 0) is 62.6 Å². The molecule has 2 aromatic heterocycles. The number of fused-ring (bicyclic) bond motifs is 1. The Kier molecular flexibility index (Phi) is 3.53. The Labute approximate surface area is 130 Å². The predicted octanol–water partition coefficient (Wildman–Crippen LogP) is 3.91. The van der Waals surface area contributed by atoms with E-state index in [1.165, 1.54) is 0 Å². The Morgan fingerprint density at radius 1 is 1.14 bits per heavy atom. The van der Waals surface area contributed by atoms with Crippen molar-refractivity contribution in [1.82, 2.24) is 9.38 Å². The fraction of sp³-hybridized carbons (Fsp3) is 0.278. The number of anilines is 1. The molecular weight excluding hydrogens is 274 g/mol. The quantitative estimate of drug-likeness (QED) is 0.797. The fourth-order valence-electron chi connectivity index (χ4n) is 2.78. The molecule has 0 fully saturated rings. The van der Waals surface area contributed by atoms with Gasteiger partial charge in [-0.1, -0.05) is 6.07 Å². The van der Waals surface area contributed by atoms with Crippen LogP contribution >= 0.6 is 0 Å². The SMILES string of the molecule is CCOc1cc(C)c(-c2nc3c(C)cccn3c2N)cc1C. The number of aryl methyl sites for hydroxylation is 3. The zero-order chi connectivity index (χ0) is 15.9. The number of hydrogen-bond acceptors (Lipinski definition) is 3. The van der Waals surface area contributed by atoms with Crippen LogP contribution in [-0.4, -0.2) is 16.0 Å². The largest absolute Gasteiger partial charge is 0.494 e. The van der Waals surface area contributed by atoms with E-state index in [9.17, 15) is 0 Å². The van der Waals surface area contributed by atoms with E-state index >= 15 is 0 Å². The number of nitrogens with two attached hydrogens (primary N) is 1. The molecule has 0 aliphatic rings. The van der Waals surface area contributed by atoms with Gasteiger partial charge in [0, 0.05) is 11.8 Å². The summed E-state index contributed by atoms with van der Waals surface area (Å²) >= 11 is 0. The highest BCUT2D eigenvalue weighted by Crippen LogP contribution is 2.33. The molecule has 0 unspecified atom stereocenters. The minimum absolute atomic E-state index is 0.662. The number of benzene rings is 1. The van der Waals surface area contributed by atoms with Gasteiger partial charge >= 0.3 is 0 Å². The molecule has 0 amide bonds. The van der Waals surface area contributed by atoms with Gasteiger partial charge in [0.05, 0.1) is 6.61 Å². The van der Waals surface area contributed by atoms with Crippen molar-refractivity contribution in [2.24, 2.45) is 0 Å². The molecule has 4 nitrogen and oxygen atoms in total. The molecule has 0 bridgehead atoms. The third-order valence-corrected chi connectivity index (χ3v) is 3.96. The average Bonchev–Trinajstić information content (AvgIpc) is 2.82. The standard InChI is InChI=1S/C18H21N3O/c1-5-22-15-10-12(3)14(9-13(15)4)16-17(19)21-8-6-7-11(2)18(21)20-16/h6-10H,5,19H2,1-4H3. The third kappa shape index (κ3) is 2.21. The van der Waals surface area contributed by atoms with Gasteiger partial charge in [-0.2, -0.15) is 0 Å². The maximum absolute atomic E-state index is 6.32. The summed E-state index contributed by atoms with van der Waals surface area (Å²) in [5, 5.41) is 0. The van der Waals surface area contributed by atoms with E-state index in [0.717, 1.165) is 39.3 Å². The summed E-state index contributed by atoms with van der Waals surface area (Å²) in [6.45, 7) is 8.81. The minimum Gasteiger partial charge on any atom is -0.494 e. The maximum atomic E-state index is 6.32. The van der Waals surface area contributed by atoms with Gasteiger partial charge in [-0.3, -0.25) is 4.40 Å². The van der Waals surface area contributed by atoms with Crippen molar-refractivity contribution in [3.05, 3.63) is 47.2 Å². The average molecular weight is 295 g/mol. The monoisotopic (exact) mass is 295 g/mol. The van der Waals surface area contributed by atoms with E-state index in [4.69, 9.17) is 15.5 Å². The predicted molar refractivity (Wildman–Crippen MR) is 90.4 cm³/mol. The van der Waals surface area contributed by atoms with Gasteiger partial charge in [0.1, 0.15) is 22.9 Å². The lowest BCUT2D eigenvalue weighted by Gasteiger charge is -2.11. The zero-order valence-electron chi connectivity index (χ0n) is 13.5. The van der Waals surface area contributed by atoms with E-state index in [1.54, 1.807) is 0 Å². The molecule has 114 valence electrons. The Bertz CT molecular complexity index is 849. The Balaban J connectivity index is 2.22. The molecule has 0 radical (unpaired) electrons. The first-order valence-corrected chi connectivity index (χ1v) is 7.50. The number of hydrogen-bond donors (Lipinski definition) is 1. The normalized spacial score (nSPS) is 11.1. The number of nitrogens with zero attached hydrogens (tertiary/aromatic N) is 2. The van der Waals surface area contributed by atoms with Gasteiger partial charge in [0.15, 0.2) is 0 Å². The van der Waals surface area contributed by atoms with Gasteiger partial charge in [-0.15, -0.1) is 0 Å². The number of aromatic nitrogens is 2. The first-order valence-electron chi connectivity index (χ1n) is 7.50. The summed E-state index contributed by atoms with van der Waals surface area (Å²) in [6, 6.07) is 8.20. The molecule has 0 aliphatic heterocycles. The van der Waals surface area contributed by atoms with Crippen molar-refractivity contribution in [3.8, 4) is 17.0 Å². The minimum atomic E-state index is 0.662. The number of imidazole rings is 1. The highest BCUT2D eigenvalue weighted by molar-refractivity contribution is 5.78. The first kappa shape index (κ1) is 14.4. The molecule has 3 aromatic rings. The van der Waals surface area contributed by atoms with E-state index in [1.807, 2.05) is 43.5 Å². The Morgan fingerprint density at radius 3 is 2.59 bits per heavy atom. The fourth-order valence-corrected chi connectivity index (χ4v) is 2.78. The summed E-state index contributed by atoms with van der Waals surface area (Å²) in [5.74, 6) is 1.59. The summed E-state index contributed by atoms with van der Waals surface area (Å²) in [4.78, 5) is 4.76. The molecule has 0 atom stereocenters. The summed E-state index contributed by atoms with van der Waals surface area (Å²) in [7, 11) is 0. The van der Waals surface area contributed by atoms with Crippen molar-refractivity contribution in [3.63, 3.8) is 0 Å². The second-order valence-corrected chi connectivity index (χ2v) is 5.60. The van der Waals surface area contributed by atoms with Crippen molar-refractivity contribution < 1.29 is 4.74 Å². The smallest absolute Gasteiger partial charge is 0.142 e. The van der Waals surface area contributed by atoms with Crippen LogP contribution in [-0.2, 0) is 0 Å². The summed E-state index contributed by atoms with van der Waals surface area (Å²) in [6.07, 6.45) is 1.95. The molecule has 2 N–H and O–H groups in total. The van der Waals surface area contributed by atoms with Crippen LogP contribution in [0.25, 0.3) is 16.9 Å². The molecule has 0 spiro atoms. The second kappa shape index (κ2) is 5.37. The van der Waals surface area contributed by atoms with Crippen molar-refractivity contribution in [2.75, 3.05) is 12.3 Å². The Morgan fingerprint density at radius 2 is 1.91 bits per heavy atom. The van der Waals surface area contributed by atoms with Crippen molar-refractivity contribution in [2.45, 2.75) is 27.7 Å². The topological polar surface area (TPSA) is 52.5 Å². The molecule has 0 aliphatic carbocycles. The molecule has 0 saturated heterocycles. The van der Waals surface area contributed by atoms with Crippen LogP contribution in [0.2, 0.25) is 0 Å². The zero-order valence-corrected chi connectivity index (χ0v) is 13.5. The lowest BCUT2D eigenvalue weighted by atomic mass is 10.0. The van der Waals surface area contributed by atoms with Crippen LogP contribution in [0.3, 0.4) is 0 Å². The number of pyridine rings is 1. The van der Waals surface area contributed by atoms with Gasteiger partial charge in [0.25, 0.3) is 0 Å². The molecule has 3 rings (SSSR count). The van der Waals surface area contributed by atoms with Crippen LogP contribution in [0.4, 0.5) is 5.82 Å². The van der Waals surface area contributed by atoms with Gasteiger partial charge in [-0.25, -0.2) is 4.98 Å². The maximum Gasteiger partial charge on any atom is 0.142 e. The van der Waals surface area contributed by atoms with Crippen LogP contribution in [0.15, 0.2) is 30.5 Å². The van der Waals surface area contributed by atoms with E-state index in [2.05, 4.69) is 19.1 Å². The Hall–Kier alpha value is -2.49. The van der Waals surface area contributed by atoms with Crippen LogP contribution in [0.1, 0.15) is 23.6 Å². The second-order valence-electron chi connectivity index (χ2n) is 5.60. The van der Waals surface area contributed by atoms with Crippen molar-refractivity contribution in [1.29, 1.82) is 0 Å². The number of nitrogen functional groups attached to an aromatic ring is 1. The van der Waals surface area contributed by atoms with E-state index in [0.29, 0.717) is 12.4 Å². The van der Waals surface area contributed by atoms with Crippen molar-refractivity contribution >= 4 is 11.5 Å². The molecule has 4 heteroatoms. The molecule has 22 heavy (non-hydrogen) atoms. The van der Waals surface area contributed by atoms with Gasteiger partial charge < -0.3 is 10.5 Å². The third-order valence-electron chi connectivity index (χ3n) is 3.96. The van der Waals surface area contributed by atoms with E-state index < -0.39 is 0 Å². The van der Waals surface area contributed by atoms with Gasteiger partial charge in [0.2, 0.25) is 0 Å². The highest BCUT2D eigenvalue weighted by atomic mass is 16.5. The molecule has 2 heterocycles. The summed E-state index contributed by atoms with van der Waals surface area (Å²) in [5.41, 5.74) is 12.4. The first-order chi connectivity index (χ1) is 10.5. The lowest BCUT2D eigenvalue weighted by molar-refractivity contribution is 0.337. The number of rotatable bonds is 3. The van der Waals surface area contributed by atoms with Crippen LogP contribution < -0.4 is 10.5 Å². The van der Waals surface area contributed by atoms with Crippen LogP contribution in [0.5, 0.6) is 5.75 Å². The molecule has 0 saturated carbocycles. The summed E-state index contributed by atoms with van der Waals surface area (Å²) < 4.78 is 7.60. The lowest BCUT2D eigenvalue weighted by Crippen LogP contribution is -1.98. The molecule has 1 aromatic carbocycles. The highest BCUT2D eigenvalue weighted by Gasteiger charge is 2.16. The van der Waals surface area contributed by atoms with Crippen LogP contribution in [0, 0.1) is 20.8 Å².